The first kappa shape index (κ1) is 20.7. The van der Waals surface area contributed by atoms with Crippen LogP contribution in [0.2, 0.25) is 0 Å². The van der Waals surface area contributed by atoms with Crippen LogP contribution in [-0.2, 0) is 22.6 Å². The van der Waals surface area contributed by atoms with Crippen molar-refractivity contribution in [2.45, 2.75) is 25.8 Å². The lowest BCUT2D eigenvalue weighted by Crippen LogP contribution is -2.45. The van der Waals surface area contributed by atoms with E-state index in [1.54, 1.807) is 14.2 Å². The molecule has 1 aliphatic heterocycles. The van der Waals surface area contributed by atoms with Crippen LogP contribution in [0.4, 0.5) is 0 Å². The van der Waals surface area contributed by atoms with Gasteiger partial charge in [-0.15, -0.1) is 0 Å². The van der Waals surface area contributed by atoms with Crippen molar-refractivity contribution in [2.24, 2.45) is 5.92 Å². The first-order valence-electron chi connectivity index (χ1n) is 9.91. The third-order valence-corrected chi connectivity index (χ3v) is 5.28. The molecule has 0 aromatic heterocycles. The lowest BCUT2D eigenvalue weighted by Gasteiger charge is -2.32. The van der Waals surface area contributed by atoms with Crippen molar-refractivity contribution in [3.8, 4) is 11.5 Å². The van der Waals surface area contributed by atoms with Gasteiger partial charge in [0.05, 0.1) is 26.6 Å². The van der Waals surface area contributed by atoms with Crippen molar-refractivity contribution in [1.29, 1.82) is 0 Å². The maximum atomic E-state index is 12.7. The minimum atomic E-state index is -0.194. The van der Waals surface area contributed by atoms with Crippen LogP contribution >= 0.6 is 0 Å². The molecule has 1 aliphatic rings. The fourth-order valence-corrected chi connectivity index (χ4v) is 3.65. The molecule has 0 radical (unpaired) electrons. The number of likely N-dealkylation sites (tertiary alicyclic amines) is 1. The predicted octanol–water partition coefficient (Wildman–Crippen LogP) is 2.80. The minimum Gasteiger partial charge on any atom is -0.497 e. The van der Waals surface area contributed by atoms with E-state index >= 15 is 0 Å². The summed E-state index contributed by atoms with van der Waals surface area (Å²) in [6, 6.07) is 15.2. The number of carbonyl (C=O) groups excluding carboxylic acids is 2. The molecule has 1 unspecified atom stereocenters. The van der Waals surface area contributed by atoms with Crippen molar-refractivity contribution < 1.29 is 19.1 Å². The van der Waals surface area contributed by atoms with Crippen molar-refractivity contribution in [3.63, 3.8) is 0 Å². The first-order chi connectivity index (χ1) is 14.1. The van der Waals surface area contributed by atoms with E-state index < -0.39 is 0 Å². The normalized spacial score (nSPS) is 16.2. The summed E-state index contributed by atoms with van der Waals surface area (Å²) in [7, 11) is 3.21. The highest BCUT2D eigenvalue weighted by atomic mass is 16.5. The number of benzene rings is 2. The molecule has 29 heavy (non-hydrogen) atoms. The molecule has 0 saturated carbocycles. The van der Waals surface area contributed by atoms with E-state index in [4.69, 9.17) is 9.47 Å². The second-order valence-electron chi connectivity index (χ2n) is 7.24. The van der Waals surface area contributed by atoms with Gasteiger partial charge in [0.15, 0.2) is 0 Å². The lowest BCUT2D eigenvalue weighted by atomic mass is 9.96. The third kappa shape index (κ3) is 5.50. The number of methoxy groups -OCH3 is 2. The zero-order valence-corrected chi connectivity index (χ0v) is 17.0. The highest BCUT2D eigenvalue weighted by Crippen LogP contribution is 2.24. The number of hydrogen-bond donors (Lipinski definition) is 1. The molecular weight excluding hydrogens is 368 g/mol. The number of ether oxygens (including phenoxy) is 2. The van der Waals surface area contributed by atoms with Gasteiger partial charge in [0.1, 0.15) is 11.5 Å². The zero-order chi connectivity index (χ0) is 20.6. The van der Waals surface area contributed by atoms with Crippen LogP contribution in [0, 0.1) is 5.92 Å². The molecule has 0 bridgehead atoms. The molecular formula is C23H28N2O4. The quantitative estimate of drug-likeness (QED) is 0.782. The van der Waals surface area contributed by atoms with E-state index in [1.165, 1.54) is 0 Å². The van der Waals surface area contributed by atoms with Crippen LogP contribution in [0.3, 0.4) is 0 Å². The Balaban J connectivity index is 1.56. The van der Waals surface area contributed by atoms with Gasteiger partial charge in [-0.1, -0.05) is 30.3 Å². The molecule has 1 N–H and O–H groups in total. The first-order valence-corrected chi connectivity index (χ1v) is 9.91. The van der Waals surface area contributed by atoms with E-state index in [-0.39, 0.29) is 17.7 Å². The highest BCUT2D eigenvalue weighted by Gasteiger charge is 2.28. The Hall–Kier alpha value is -3.02. The predicted molar refractivity (Wildman–Crippen MR) is 111 cm³/mol. The monoisotopic (exact) mass is 396 g/mol. The Kier molecular flexibility index (Phi) is 7.11. The fourth-order valence-electron chi connectivity index (χ4n) is 3.65. The zero-order valence-electron chi connectivity index (χ0n) is 17.0. The Labute approximate surface area is 171 Å². The maximum Gasteiger partial charge on any atom is 0.227 e. The van der Waals surface area contributed by atoms with E-state index in [1.807, 2.05) is 53.4 Å². The fraction of sp³-hybridized carbons (Fsp3) is 0.391. The molecule has 6 nitrogen and oxygen atoms in total. The SMILES string of the molecule is COc1ccc(OC)c(CNC(=O)C2CCCN(C(=O)Cc3ccccc3)C2)c1. The number of nitrogens with zero attached hydrogens (tertiary/aromatic N) is 1. The molecule has 2 amide bonds. The molecule has 0 aliphatic carbocycles. The van der Waals surface area contributed by atoms with Gasteiger partial charge < -0.3 is 19.7 Å². The van der Waals surface area contributed by atoms with Crippen LogP contribution < -0.4 is 14.8 Å². The summed E-state index contributed by atoms with van der Waals surface area (Å²) in [5.74, 6) is 1.26. The largest absolute Gasteiger partial charge is 0.497 e. The number of hydrogen-bond acceptors (Lipinski definition) is 4. The van der Waals surface area contributed by atoms with Crippen LogP contribution in [-0.4, -0.2) is 44.0 Å². The lowest BCUT2D eigenvalue weighted by molar-refractivity contribution is -0.135. The van der Waals surface area contributed by atoms with Gasteiger partial charge in [-0.3, -0.25) is 9.59 Å². The Morgan fingerprint density at radius 1 is 1.10 bits per heavy atom. The third-order valence-electron chi connectivity index (χ3n) is 5.28. The van der Waals surface area contributed by atoms with Crippen molar-refractivity contribution in [3.05, 3.63) is 59.7 Å². The molecule has 2 aromatic rings. The summed E-state index contributed by atoms with van der Waals surface area (Å²) in [4.78, 5) is 27.2. The molecule has 0 spiro atoms. The van der Waals surface area contributed by atoms with E-state index in [9.17, 15) is 9.59 Å². The van der Waals surface area contributed by atoms with Gasteiger partial charge in [-0.05, 0) is 36.6 Å². The van der Waals surface area contributed by atoms with Crippen LogP contribution in [0.15, 0.2) is 48.5 Å². The summed E-state index contributed by atoms with van der Waals surface area (Å²) >= 11 is 0. The van der Waals surface area contributed by atoms with Gasteiger partial charge in [-0.25, -0.2) is 0 Å². The summed E-state index contributed by atoms with van der Waals surface area (Å²) in [6.07, 6.45) is 1.99. The van der Waals surface area contributed by atoms with E-state index in [0.717, 1.165) is 24.0 Å². The topological polar surface area (TPSA) is 67.9 Å². The molecule has 3 rings (SSSR count). The Morgan fingerprint density at radius 3 is 2.62 bits per heavy atom. The summed E-state index contributed by atoms with van der Waals surface area (Å²) < 4.78 is 10.6. The van der Waals surface area contributed by atoms with Crippen molar-refractivity contribution in [1.82, 2.24) is 10.2 Å². The minimum absolute atomic E-state index is 0.0351. The molecule has 2 aromatic carbocycles. The van der Waals surface area contributed by atoms with E-state index in [2.05, 4.69) is 5.32 Å². The molecule has 1 atom stereocenters. The standard InChI is InChI=1S/C23H28N2O4/c1-28-20-10-11-21(29-2)19(14-20)15-24-23(27)18-9-6-12-25(16-18)22(26)13-17-7-4-3-5-8-17/h3-5,7-8,10-11,14,18H,6,9,12-13,15-16H2,1-2H3,(H,24,27). The average molecular weight is 396 g/mol. The van der Waals surface area contributed by atoms with Crippen LogP contribution in [0.1, 0.15) is 24.0 Å². The second kappa shape index (κ2) is 9.96. The molecule has 1 saturated heterocycles. The Morgan fingerprint density at radius 2 is 1.90 bits per heavy atom. The van der Waals surface area contributed by atoms with Gasteiger partial charge in [-0.2, -0.15) is 0 Å². The van der Waals surface area contributed by atoms with Gasteiger partial charge in [0.2, 0.25) is 11.8 Å². The van der Waals surface area contributed by atoms with Crippen molar-refractivity contribution in [2.75, 3.05) is 27.3 Å². The molecule has 1 fully saturated rings. The van der Waals surface area contributed by atoms with Crippen LogP contribution in [0.5, 0.6) is 11.5 Å². The summed E-state index contributed by atoms with van der Waals surface area (Å²) in [5.41, 5.74) is 1.85. The van der Waals surface area contributed by atoms with Crippen molar-refractivity contribution >= 4 is 11.8 Å². The van der Waals surface area contributed by atoms with Gasteiger partial charge in [0, 0.05) is 25.2 Å². The van der Waals surface area contributed by atoms with Gasteiger partial charge >= 0.3 is 0 Å². The van der Waals surface area contributed by atoms with E-state index in [0.29, 0.717) is 37.6 Å². The number of nitrogens with one attached hydrogen (secondary N) is 1. The average Bonchev–Trinajstić information content (AvgIpc) is 2.78. The van der Waals surface area contributed by atoms with Gasteiger partial charge in [0.25, 0.3) is 0 Å². The number of amides is 2. The number of piperidine rings is 1. The smallest absolute Gasteiger partial charge is 0.227 e. The number of rotatable bonds is 7. The van der Waals surface area contributed by atoms with Crippen LogP contribution in [0.25, 0.3) is 0 Å². The molecule has 154 valence electrons. The summed E-state index contributed by atoms with van der Waals surface area (Å²) in [5, 5.41) is 2.99. The molecule has 6 heteroatoms. The summed E-state index contributed by atoms with van der Waals surface area (Å²) in [6.45, 7) is 1.53. The Bertz CT molecular complexity index is 838. The maximum absolute atomic E-state index is 12.7. The molecule has 1 heterocycles. The number of carbonyl (C=O) groups is 2. The second-order valence-corrected chi connectivity index (χ2v) is 7.24. The highest BCUT2D eigenvalue weighted by molar-refractivity contribution is 5.82.